The highest BCUT2D eigenvalue weighted by Crippen LogP contribution is 2.32. The number of likely N-dealkylation sites (N-methyl/N-ethyl adjacent to an activating group) is 1. The Bertz CT molecular complexity index is 617. The van der Waals surface area contributed by atoms with E-state index in [1.807, 2.05) is 0 Å². The van der Waals surface area contributed by atoms with Gasteiger partial charge in [0.05, 0.1) is 11.1 Å². The molecule has 0 radical (unpaired) electrons. The minimum absolute atomic E-state index is 0.377. The second-order valence-electron chi connectivity index (χ2n) is 4.80. The number of esters is 1. The van der Waals surface area contributed by atoms with Crippen molar-refractivity contribution >= 4 is 17.8 Å². The van der Waals surface area contributed by atoms with Crippen LogP contribution in [0.15, 0.2) is 24.3 Å². The number of amides is 2. The summed E-state index contributed by atoms with van der Waals surface area (Å²) >= 11 is 0. The fourth-order valence-corrected chi connectivity index (χ4v) is 1.79. The van der Waals surface area contributed by atoms with Gasteiger partial charge in [-0.15, -0.1) is 0 Å². The van der Waals surface area contributed by atoms with Gasteiger partial charge in [0.15, 0.2) is 6.61 Å². The maximum atomic E-state index is 12.8. The standard InChI is InChI=1S/C15H17F3N2O4/c1-3-19-13(22)9(2)20-12(21)8-24-14(23)10-6-4-5-7-11(10)15(16,17)18/h4-7,9H,3,8H2,1-2H3,(H,19,22)(H,20,21)/t9-/m1/s1. The molecule has 0 aliphatic rings. The molecule has 1 aromatic rings. The van der Waals surface area contributed by atoms with Crippen LogP contribution in [0.5, 0.6) is 0 Å². The summed E-state index contributed by atoms with van der Waals surface area (Å²) in [4.78, 5) is 34.8. The van der Waals surface area contributed by atoms with Crippen LogP contribution < -0.4 is 10.6 Å². The average molecular weight is 346 g/mol. The fraction of sp³-hybridized carbons (Fsp3) is 0.400. The Hall–Kier alpha value is -2.58. The van der Waals surface area contributed by atoms with Crippen molar-refractivity contribution in [1.29, 1.82) is 0 Å². The van der Waals surface area contributed by atoms with Gasteiger partial charge in [0.1, 0.15) is 6.04 Å². The van der Waals surface area contributed by atoms with Crippen LogP contribution in [0, 0.1) is 0 Å². The van der Waals surface area contributed by atoms with Crippen LogP contribution in [0.4, 0.5) is 13.2 Å². The SMILES string of the molecule is CCNC(=O)[C@@H](C)NC(=O)COC(=O)c1ccccc1C(F)(F)F. The lowest BCUT2D eigenvalue weighted by molar-refractivity contribution is -0.138. The summed E-state index contributed by atoms with van der Waals surface area (Å²) in [6.45, 7) is 2.70. The molecule has 0 aromatic heterocycles. The summed E-state index contributed by atoms with van der Waals surface area (Å²) < 4.78 is 43.0. The number of ether oxygens (including phenoxy) is 1. The molecule has 0 unspecified atom stereocenters. The first-order chi connectivity index (χ1) is 11.2. The van der Waals surface area contributed by atoms with E-state index >= 15 is 0 Å². The molecule has 0 saturated heterocycles. The largest absolute Gasteiger partial charge is 0.452 e. The first kappa shape index (κ1) is 19.5. The zero-order chi connectivity index (χ0) is 18.3. The van der Waals surface area contributed by atoms with Crippen molar-refractivity contribution in [2.45, 2.75) is 26.1 Å². The number of carbonyl (C=O) groups excluding carboxylic acids is 3. The Balaban J connectivity index is 2.64. The predicted molar refractivity (Wildman–Crippen MR) is 78.0 cm³/mol. The molecule has 24 heavy (non-hydrogen) atoms. The zero-order valence-electron chi connectivity index (χ0n) is 13.1. The van der Waals surface area contributed by atoms with Crippen molar-refractivity contribution in [3.05, 3.63) is 35.4 Å². The molecule has 0 spiro atoms. The number of nitrogens with one attached hydrogen (secondary N) is 2. The lowest BCUT2D eigenvalue weighted by Gasteiger charge is -2.14. The van der Waals surface area contributed by atoms with Crippen LogP contribution >= 0.6 is 0 Å². The van der Waals surface area contributed by atoms with Crippen LogP contribution in [-0.4, -0.2) is 37.0 Å². The summed E-state index contributed by atoms with van der Waals surface area (Å²) in [6, 6.07) is 3.23. The first-order valence-corrected chi connectivity index (χ1v) is 7.07. The normalized spacial score (nSPS) is 12.2. The molecule has 0 saturated carbocycles. The minimum Gasteiger partial charge on any atom is -0.452 e. The van der Waals surface area contributed by atoms with Crippen LogP contribution in [0.25, 0.3) is 0 Å². The Morgan fingerprint density at radius 1 is 1.21 bits per heavy atom. The van der Waals surface area contributed by atoms with Gasteiger partial charge in [-0.05, 0) is 26.0 Å². The number of hydrogen-bond donors (Lipinski definition) is 2. The second kappa shape index (κ2) is 8.32. The molecular formula is C15H17F3N2O4. The Morgan fingerprint density at radius 3 is 2.42 bits per heavy atom. The number of hydrogen-bond acceptors (Lipinski definition) is 4. The third-order valence-electron chi connectivity index (χ3n) is 2.91. The zero-order valence-corrected chi connectivity index (χ0v) is 13.1. The van der Waals surface area contributed by atoms with Crippen molar-refractivity contribution in [3.8, 4) is 0 Å². The second-order valence-corrected chi connectivity index (χ2v) is 4.80. The summed E-state index contributed by atoms with van der Waals surface area (Å²) in [6.07, 6.45) is -4.72. The maximum Gasteiger partial charge on any atom is 0.417 e. The third kappa shape index (κ3) is 5.56. The Kier molecular flexibility index (Phi) is 6.75. The van der Waals surface area contributed by atoms with Crippen LogP contribution in [0.3, 0.4) is 0 Å². The number of rotatable bonds is 6. The lowest BCUT2D eigenvalue weighted by atomic mass is 10.1. The van der Waals surface area contributed by atoms with E-state index in [4.69, 9.17) is 0 Å². The predicted octanol–water partition coefficient (Wildman–Crippen LogP) is 1.50. The van der Waals surface area contributed by atoms with Gasteiger partial charge in [-0.3, -0.25) is 9.59 Å². The molecule has 2 amide bonds. The summed E-state index contributed by atoms with van der Waals surface area (Å²) in [7, 11) is 0. The molecule has 1 atom stereocenters. The van der Waals surface area contributed by atoms with Gasteiger partial charge in [0.25, 0.3) is 5.91 Å². The molecule has 0 aliphatic heterocycles. The Morgan fingerprint density at radius 2 is 1.83 bits per heavy atom. The molecule has 9 heteroatoms. The molecule has 6 nitrogen and oxygen atoms in total. The fourth-order valence-electron chi connectivity index (χ4n) is 1.79. The molecular weight excluding hydrogens is 329 g/mol. The maximum absolute atomic E-state index is 12.8. The molecule has 0 bridgehead atoms. The van der Waals surface area contributed by atoms with E-state index < -0.39 is 47.7 Å². The van der Waals surface area contributed by atoms with E-state index in [2.05, 4.69) is 15.4 Å². The number of alkyl halides is 3. The van der Waals surface area contributed by atoms with Crippen molar-refractivity contribution in [2.75, 3.05) is 13.2 Å². The summed E-state index contributed by atoms with van der Waals surface area (Å²) in [5, 5.41) is 4.74. The lowest BCUT2D eigenvalue weighted by Crippen LogP contribution is -2.46. The van der Waals surface area contributed by atoms with E-state index in [1.165, 1.54) is 13.0 Å². The quantitative estimate of drug-likeness (QED) is 0.765. The third-order valence-corrected chi connectivity index (χ3v) is 2.91. The summed E-state index contributed by atoms with van der Waals surface area (Å²) in [5.74, 6) is -2.50. The topological polar surface area (TPSA) is 84.5 Å². The smallest absolute Gasteiger partial charge is 0.417 e. The van der Waals surface area contributed by atoms with Gasteiger partial charge in [0, 0.05) is 6.54 Å². The van der Waals surface area contributed by atoms with E-state index in [9.17, 15) is 27.6 Å². The molecule has 1 rings (SSSR count). The number of halogens is 3. The van der Waals surface area contributed by atoms with Crippen LogP contribution in [0.2, 0.25) is 0 Å². The molecule has 0 heterocycles. The number of carbonyl (C=O) groups is 3. The highest BCUT2D eigenvalue weighted by molar-refractivity contribution is 5.93. The van der Waals surface area contributed by atoms with E-state index in [1.54, 1.807) is 6.92 Å². The van der Waals surface area contributed by atoms with Crippen LogP contribution in [0.1, 0.15) is 29.8 Å². The van der Waals surface area contributed by atoms with Gasteiger partial charge in [-0.25, -0.2) is 4.79 Å². The van der Waals surface area contributed by atoms with Gasteiger partial charge in [0.2, 0.25) is 5.91 Å². The minimum atomic E-state index is -4.72. The van der Waals surface area contributed by atoms with Gasteiger partial charge < -0.3 is 15.4 Å². The van der Waals surface area contributed by atoms with E-state index in [0.29, 0.717) is 6.54 Å². The van der Waals surface area contributed by atoms with E-state index in [-0.39, 0.29) is 0 Å². The first-order valence-electron chi connectivity index (χ1n) is 7.07. The van der Waals surface area contributed by atoms with Crippen molar-refractivity contribution < 1.29 is 32.3 Å². The van der Waals surface area contributed by atoms with Crippen molar-refractivity contribution in [1.82, 2.24) is 10.6 Å². The van der Waals surface area contributed by atoms with Crippen molar-refractivity contribution in [2.24, 2.45) is 0 Å². The molecule has 0 aliphatic carbocycles. The average Bonchev–Trinajstić information content (AvgIpc) is 2.52. The van der Waals surface area contributed by atoms with E-state index in [0.717, 1.165) is 18.2 Å². The summed E-state index contributed by atoms with van der Waals surface area (Å²) in [5.41, 5.74) is -1.83. The van der Waals surface area contributed by atoms with Crippen LogP contribution in [-0.2, 0) is 20.5 Å². The molecule has 1 aromatic carbocycles. The molecule has 2 N–H and O–H groups in total. The monoisotopic (exact) mass is 346 g/mol. The van der Waals surface area contributed by atoms with Crippen molar-refractivity contribution in [3.63, 3.8) is 0 Å². The van der Waals surface area contributed by atoms with Gasteiger partial charge in [-0.2, -0.15) is 13.2 Å². The number of benzene rings is 1. The van der Waals surface area contributed by atoms with Gasteiger partial charge >= 0.3 is 12.1 Å². The highest BCUT2D eigenvalue weighted by Gasteiger charge is 2.35. The van der Waals surface area contributed by atoms with Gasteiger partial charge in [-0.1, -0.05) is 12.1 Å². The molecule has 132 valence electrons. The highest BCUT2D eigenvalue weighted by atomic mass is 19.4. The molecule has 0 fully saturated rings. The Labute approximate surface area is 136 Å².